The van der Waals surface area contributed by atoms with Crippen molar-refractivity contribution in [2.75, 3.05) is 0 Å². The van der Waals surface area contributed by atoms with Gasteiger partial charge in [0.15, 0.2) is 11.1 Å². The maximum absolute atomic E-state index is 6.79. The molecule has 0 radical (unpaired) electrons. The van der Waals surface area contributed by atoms with E-state index in [1.165, 1.54) is 27.4 Å². The molecule has 0 saturated carbocycles. The molecule has 11 rings (SSSR count). The first kappa shape index (κ1) is 24.3. The van der Waals surface area contributed by atoms with Crippen LogP contribution in [0.5, 0.6) is 11.5 Å². The molecule has 0 aliphatic carbocycles. The first-order chi connectivity index (χ1) is 22.6. The maximum Gasteiger partial charge on any atom is 0.397 e. The number of pyridine rings is 2. The molecule has 216 valence electrons. The Labute approximate surface area is 264 Å². The van der Waals surface area contributed by atoms with Crippen LogP contribution in [0.4, 0.5) is 0 Å². The van der Waals surface area contributed by atoms with E-state index in [0.29, 0.717) is 0 Å². The van der Waals surface area contributed by atoms with Gasteiger partial charge in [0.05, 0.1) is 23.7 Å². The van der Waals surface area contributed by atoms with Crippen LogP contribution in [0.25, 0.3) is 55.7 Å². The molecule has 1 atom stereocenters. The van der Waals surface area contributed by atoms with Crippen molar-refractivity contribution in [3.63, 3.8) is 0 Å². The number of benzene rings is 4. The van der Waals surface area contributed by atoms with E-state index in [0.717, 1.165) is 62.2 Å². The monoisotopic (exact) mass is 593 g/mol. The fourth-order valence-electron chi connectivity index (χ4n) is 8.57. The van der Waals surface area contributed by atoms with E-state index in [-0.39, 0.29) is 0 Å². The molecule has 1 unspecified atom stereocenters. The molecule has 6 heteroatoms. The summed E-state index contributed by atoms with van der Waals surface area (Å²) < 4.78 is 16.4. The molecule has 0 bridgehead atoms. The van der Waals surface area contributed by atoms with E-state index in [4.69, 9.17) is 9.72 Å². The summed E-state index contributed by atoms with van der Waals surface area (Å²) >= 11 is 0. The summed E-state index contributed by atoms with van der Waals surface area (Å²) in [7, 11) is 0. The maximum atomic E-state index is 6.79. The van der Waals surface area contributed by atoms with E-state index in [2.05, 4.69) is 154 Å². The van der Waals surface area contributed by atoms with Gasteiger partial charge in [-0.15, -0.1) is 4.68 Å². The van der Waals surface area contributed by atoms with Crippen LogP contribution in [0.2, 0.25) is 0 Å². The minimum atomic E-state index is -0.697. The van der Waals surface area contributed by atoms with Crippen LogP contribution < -0.4 is 14.0 Å². The lowest BCUT2D eigenvalue weighted by Gasteiger charge is -2.32. The minimum Gasteiger partial charge on any atom is -0.456 e. The average Bonchev–Trinajstić information content (AvgIpc) is 3.75. The molecule has 7 heterocycles. The third-order valence-electron chi connectivity index (χ3n) is 10.2. The van der Waals surface area contributed by atoms with Crippen molar-refractivity contribution in [1.29, 1.82) is 0 Å². The molecule has 0 N–H and O–H groups in total. The molecule has 8 aromatic rings. The Morgan fingerprint density at radius 2 is 1.57 bits per heavy atom. The second-order valence-electron chi connectivity index (χ2n) is 12.6. The number of aryl methyl sites for hydroxylation is 2. The number of nitrogens with zero attached hydrogens (tertiary/aromatic N) is 5. The fraction of sp³-hybridized carbons (Fsp3) is 0.0750. The normalized spacial score (nSPS) is 16.3. The molecule has 4 aromatic heterocycles. The molecule has 46 heavy (non-hydrogen) atoms. The van der Waals surface area contributed by atoms with Gasteiger partial charge in [-0.2, -0.15) is 9.13 Å². The van der Waals surface area contributed by atoms with Crippen molar-refractivity contribution >= 4 is 21.8 Å². The van der Waals surface area contributed by atoms with Crippen molar-refractivity contribution in [2.24, 2.45) is 0 Å². The van der Waals surface area contributed by atoms with Crippen LogP contribution >= 0.6 is 0 Å². The van der Waals surface area contributed by atoms with E-state index in [1.807, 2.05) is 6.07 Å². The smallest absolute Gasteiger partial charge is 0.397 e. The van der Waals surface area contributed by atoms with Crippen molar-refractivity contribution in [1.82, 2.24) is 14.2 Å². The highest BCUT2D eigenvalue weighted by Gasteiger charge is 2.68. The van der Waals surface area contributed by atoms with Crippen molar-refractivity contribution in [2.45, 2.75) is 19.5 Å². The minimum absolute atomic E-state index is 0.697. The predicted molar refractivity (Wildman–Crippen MR) is 177 cm³/mol. The number of aromatic nitrogens is 5. The van der Waals surface area contributed by atoms with E-state index >= 15 is 0 Å². The van der Waals surface area contributed by atoms with Gasteiger partial charge < -0.3 is 4.74 Å². The molecule has 3 aliphatic heterocycles. The summed E-state index contributed by atoms with van der Waals surface area (Å²) in [5, 5.41) is 2.47. The largest absolute Gasteiger partial charge is 0.456 e. The van der Waals surface area contributed by atoms with Crippen LogP contribution in [0.3, 0.4) is 0 Å². The highest BCUT2D eigenvalue weighted by molar-refractivity contribution is 6.11. The Morgan fingerprint density at radius 3 is 2.46 bits per heavy atom. The summed E-state index contributed by atoms with van der Waals surface area (Å²) in [6.45, 7) is 4.33. The third kappa shape index (κ3) is 2.69. The quantitative estimate of drug-likeness (QED) is 0.195. The molecule has 0 fully saturated rings. The van der Waals surface area contributed by atoms with Gasteiger partial charge in [0.2, 0.25) is 6.20 Å². The highest BCUT2D eigenvalue weighted by atomic mass is 16.5. The summed E-state index contributed by atoms with van der Waals surface area (Å²) in [6.07, 6.45) is 6.82. The third-order valence-corrected chi connectivity index (χ3v) is 10.2. The average molecular weight is 594 g/mol. The van der Waals surface area contributed by atoms with Crippen LogP contribution in [0.1, 0.15) is 22.4 Å². The second-order valence-corrected chi connectivity index (χ2v) is 12.6. The molecule has 3 aliphatic rings. The zero-order valence-electron chi connectivity index (χ0n) is 25.3. The Balaban J connectivity index is 1.26. The van der Waals surface area contributed by atoms with Gasteiger partial charge in [-0.3, -0.25) is 4.98 Å². The number of para-hydroxylation sites is 1. The van der Waals surface area contributed by atoms with E-state index in [9.17, 15) is 0 Å². The zero-order chi connectivity index (χ0) is 30.3. The van der Waals surface area contributed by atoms with E-state index in [1.54, 1.807) is 0 Å². The van der Waals surface area contributed by atoms with Crippen molar-refractivity contribution in [3.8, 4) is 45.4 Å². The van der Waals surface area contributed by atoms with Crippen LogP contribution in [0, 0.1) is 13.8 Å². The Bertz CT molecular complexity index is 2620. The number of hydrogen-bond donors (Lipinski definition) is 0. The zero-order valence-corrected chi connectivity index (χ0v) is 25.3. The van der Waals surface area contributed by atoms with Gasteiger partial charge in [-0.05, 0) is 67.9 Å². The van der Waals surface area contributed by atoms with Gasteiger partial charge >= 0.3 is 5.66 Å². The van der Waals surface area contributed by atoms with Gasteiger partial charge in [0.1, 0.15) is 28.3 Å². The first-order valence-corrected chi connectivity index (χ1v) is 15.7. The van der Waals surface area contributed by atoms with E-state index < -0.39 is 5.66 Å². The Morgan fingerprint density at radius 1 is 0.739 bits per heavy atom. The predicted octanol–water partition coefficient (Wildman–Crippen LogP) is 7.53. The Hall–Kier alpha value is -6.01. The van der Waals surface area contributed by atoms with Crippen LogP contribution in [0.15, 0.2) is 128 Å². The number of ether oxygens (including phenoxy) is 1. The number of rotatable bonds is 2. The molecule has 0 amide bonds. The lowest BCUT2D eigenvalue weighted by Crippen LogP contribution is -2.76. The molecule has 4 aromatic carbocycles. The number of fused-ring (bicyclic) bond motifs is 7. The Kier molecular flexibility index (Phi) is 4.32. The molecule has 0 saturated heterocycles. The molecule has 6 nitrogen and oxygen atoms in total. The van der Waals surface area contributed by atoms with Crippen molar-refractivity contribution in [3.05, 3.63) is 150 Å². The molecular weight excluding hydrogens is 566 g/mol. The first-order valence-electron chi connectivity index (χ1n) is 15.7. The van der Waals surface area contributed by atoms with Crippen LogP contribution in [-0.4, -0.2) is 14.2 Å². The van der Waals surface area contributed by atoms with Gasteiger partial charge in [0.25, 0.3) is 5.82 Å². The van der Waals surface area contributed by atoms with Gasteiger partial charge in [-0.25, -0.2) is 0 Å². The van der Waals surface area contributed by atoms with Gasteiger partial charge in [0, 0.05) is 33.7 Å². The molecular formula is C40H27N5O+2. The topological polar surface area (TPSA) is 39.7 Å². The molecule has 1 spiro atoms. The summed E-state index contributed by atoms with van der Waals surface area (Å²) in [5.41, 5.74) is 11.8. The number of hydrogen-bond acceptors (Lipinski definition) is 2. The van der Waals surface area contributed by atoms with Crippen LogP contribution in [-0.2, 0) is 5.66 Å². The summed E-state index contributed by atoms with van der Waals surface area (Å²) in [6, 6.07) is 38.7. The van der Waals surface area contributed by atoms with Crippen molar-refractivity contribution < 1.29 is 14.0 Å². The second kappa shape index (κ2) is 8.17. The lowest BCUT2D eigenvalue weighted by molar-refractivity contribution is -0.993. The fourth-order valence-corrected chi connectivity index (χ4v) is 8.57. The summed E-state index contributed by atoms with van der Waals surface area (Å²) in [5.74, 6) is 2.88. The SMILES string of the molecule is Cc1cc(-c2ccccc2)nc(C)c1-c1cn2[n+](c1)C13c4c(cccc4-2)Oc2ccc4c5ccccc5n(c4c21)-c1cccc[n+]13. The lowest BCUT2D eigenvalue weighted by atomic mass is 9.84. The summed E-state index contributed by atoms with van der Waals surface area (Å²) in [4.78, 5) is 5.11. The standard InChI is InChI=1S/C40H27N5O/c1-24-21-30(26-11-4-3-5-12-26)41-25(2)36(24)27-22-43-32-15-10-16-33-37(32)40(44(43)23-27)38-34(46-33)19-18-29-28-13-6-7-14-31(28)45(39(29)38)35-17-8-9-20-42(35)40/h3-23H,1-2H3/q+2. The highest BCUT2D eigenvalue weighted by Crippen LogP contribution is 2.55. The van der Waals surface area contributed by atoms with Gasteiger partial charge in [-0.1, -0.05) is 59.3 Å².